The second kappa shape index (κ2) is 10.8. The second-order valence-corrected chi connectivity index (χ2v) is 8.68. The van der Waals surface area contributed by atoms with E-state index in [0.717, 1.165) is 5.56 Å². The highest BCUT2D eigenvalue weighted by atomic mass is 35.5. The van der Waals surface area contributed by atoms with Crippen molar-refractivity contribution < 1.29 is 19.1 Å². The van der Waals surface area contributed by atoms with Crippen LogP contribution in [-0.4, -0.2) is 49.8 Å². The Hall–Kier alpha value is -3.99. The van der Waals surface area contributed by atoms with Gasteiger partial charge in [-0.1, -0.05) is 41.9 Å². The molecular weight excluding hydrogens is 462 g/mol. The minimum absolute atomic E-state index is 0.125. The number of ether oxygens (including phenoxy) is 1. The molecule has 0 aliphatic carbocycles. The maximum Gasteiger partial charge on any atom is 0.408 e. The van der Waals surface area contributed by atoms with Crippen molar-refractivity contribution in [1.29, 1.82) is 0 Å². The molecule has 0 saturated heterocycles. The van der Waals surface area contributed by atoms with E-state index in [4.69, 9.17) is 16.3 Å². The number of alkyl carbamates (subject to hydrolysis) is 1. The molecular formula is C22H24ClN7O4. The molecule has 3 N–H and O–H groups in total. The average molecular weight is 486 g/mol. The van der Waals surface area contributed by atoms with Gasteiger partial charge in [-0.25, -0.2) is 4.79 Å². The summed E-state index contributed by atoms with van der Waals surface area (Å²) in [4.78, 5) is 38.0. The molecule has 0 spiro atoms. The average Bonchev–Trinajstić information content (AvgIpc) is 3.31. The molecule has 1 unspecified atom stereocenters. The lowest BCUT2D eigenvalue weighted by Crippen LogP contribution is -2.53. The van der Waals surface area contributed by atoms with E-state index in [0.29, 0.717) is 10.7 Å². The molecule has 2 aromatic carbocycles. The first-order chi connectivity index (χ1) is 16.1. The number of nitrogens with one attached hydrogen (secondary N) is 3. The summed E-state index contributed by atoms with van der Waals surface area (Å²) >= 11 is 6.05. The van der Waals surface area contributed by atoms with Gasteiger partial charge in [0, 0.05) is 11.4 Å². The van der Waals surface area contributed by atoms with Gasteiger partial charge in [0.2, 0.25) is 0 Å². The SMILES string of the molecule is CC(C)(C)OC(=O)NC(Cc1ccccc1)C(=O)NNC(=O)c1cc(Cl)ccc1-n1cnnn1. The molecule has 11 nitrogen and oxygen atoms in total. The molecule has 12 heteroatoms. The lowest BCUT2D eigenvalue weighted by atomic mass is 10.1. The van der Waals surface area contributed by atoms with Crippen LogP contribution in [0.15, 0.2) is 54.9 Å². The van der Waals surface area contributed by atoms with E-state index in [1.165, 1.54) is 17.1 Å². The topological polar surface area (TPSA) is 140 Å². The minimum atomic E-state index is -1.02. The fourth-order valence-corrected chi connectivity index (χ4v) is 3.12. The zero-order chi connectivity index (χ0) is 24.7. The maximum atomic E-state index is 12.9. The number of carbonyl (C=O) groups is 3. The monoisotopic (exact) mass is 485 g/mol. The minimum Gasteiger partial charge on any atom is -0.444 e. The Morgan fingerprint density at radius 3 is 2.47 bits per heavy atom. The first-order valence-electron chi connectivity index (χ1n) is 10.3. The molecule has 1 atom stereocenters. The number of nitrogens with zero attached hydrogens (tertiary/aromatic N) is 4. The van der Waals surface area contributed by atoms with Crippen molar-refractivity contribution in [2.24, 2.45) is 0 Å². The Kier molecular flexibility index (Phi) is 7.79. The predicted octanol–water partition coefficient (Wildman–Crippen LogP) is 2.21. The van der Waals surface area contributed by atoms with Crippen molar-refractivity contribution >= 4 is 29.5 Å². The smallest absolute Gasteiger partial charge is 0.408 e. The number of carbonyl (C=O) groups excluding carboxylic acids is 3. The van der Waals surface area contributed by atoms with Gasteiger partial charge in [-0.3, -0.25) is 20.4 Å². The Bertz CT molecular complexity index is 1150. The molecule has 0 aliphatic heterocycles. The van der Waals surface area contributed by atoms with Crippen molar-refractivity contribution in [1.82, 2.24) is 36.4 Å². The summed E-state index contributed by atoms with van der Waals surface area (Å²) < 4.78 is 6.55. The number of tetrazole rings is 1. The number of hydrogen-bond donors (Lipinski definition) is 3. The normalized spacial score (nSPS) is 11.9. The van der Waals surface area contributed by atoms with Crippen molar-refractivity contribution in [3.8, 4) is 5.69 Å². The molecule has 3 rings (SSSR count). The number of amides is 3. The second-order valence-electron chi connectivity index (χ2n) is 8.25. The molecule has 0 saturated carbocycles. The van der Waals surface area contributed by atoms with Gasteiger partial charge in [0.15, 0.2) is 0 Å². The largest absolute Gasteiger partial charge is 0.444 e. The summed E-state index contributed by atoms with van der Waals surface area (Å²) in [6, 6.07) is 12.7. The van der Waals surface area contributed by atoms with Gasteiger partial charge >= 0.3 is 6.09 Å². The highest BCUT2D eigenvalue weighted by Crippen LogP contribution is 2.18. The third kappa shape index (κ3) is 7.01. The molecule has 1 aromatic heterocycles. The van der Waals surface area contributed by atoms with Crippen molar-refractivity contribution in [3.05, 3.63) is 71.0 Å². The van der Waals surface area contributed by atoms with E-state index in [1.54, 1.807) is 32.9 Å². The van der Waals surface area contributed by atoms with Crippen LogP contribution in [0.4, 0.5) is 4.79 Å². The molecule has 1 heterocycles. The van der Waals surface area contributed by atoms with E-state index < -0.39 is 29.6 Å². The van der Waals surface area contributed by atoms with E-state index in [2.05, 4.69) is 31.7 Å². The van der Waals surface area contributed by atoms with Crippen LogP contribution in [-0.2, 0) is 16.0 Å². The number of aromatic nitrogens is 4. The van der Waals surface area contributed by atoms with E-state index in [-0.39, 0.29) is 12.0 Å². The lowest BCUT2D eigenvalue weighted by molar-refractivity contribution is -0.124. The highest BCUT2D eigenvalue weighted by molar-refractivity contribution is 6.31. The van der Waals surface area contributed by atoms with Crippen LogP contribution in [0.1, 0.15) is 36.7 Å². The maximum absolute atomic E-state index is 12.9. The third-order valence-corrected chi connectivity index (χ3v) is 4.62. The standard InChI is InChI=1S/C22H24ClN7O4/c1-22(2,3)34-21(33)25-17(11-14-7-5-4-6-8-14)20(32)27-26-19(31)16-12-15(23)9-10-18(16)30-13-24-28-29-30/h4-10,12-13,17H,11H2,1-3H3,(H,25,33)(H,26,31)(H,27,32). The Morgan fingerprint density at radius 1 is 1.09 bits per heavy atom. The van der Waals surface area contributed by atoms with Gasteiger partial charge in [0.05, 0.1) is 11.3 Å². The zero-order valence-electron chi connectivity index (χ0n) is 18.8. The van der Waals surface area contributed by atoms with Gasteiger partial charge in [-0.15, -0.1) is 5.10 Å². The molecule has 34 heavy (non-hydrogen) atoms. The number of benzene rings is 2. The van der Waals surface area contributed by atoms with E-state index >= 15 is 0 Å². The van der Waals surface area contributed by atoms with Gasteiger partial charge < -0.3 is 10.1 Å². The predicted molar refractivity (Wildman–Crippen MR) is 123 cm³/mol. The molecule has 0 radical (unpaired) electrons. The molecule has 178 valence electrons. The van der Waals surface area contributed by atoms with E-state index in [1.807, 2.05) is 30.3 Å². The molecule has 0 fully saturated rings. The van der Waals surface area contributed by atoms with Crippen LogP contribution < -0.4 is 16.2 Å². The summed E-state index contributed by atoms with van der Waals surface area (Å²) in [5.41, 5.74) is 5.24. The Labute approximate surface area is 200 Å². The van der Waals surface area contributed by atoms with Crippen LogP contribution in [0.2, 0.25) is 5.02 Å². The van der Waals surface area contributed by atoms with Gasteiger partial charge in [0.1, 0.15) is 18.0 Å². The van der Waals surface area contributed by atoms with Crippen LogP contribution in [0.25, 0.3) is 5.69 Å². The molecule has 0 bridgehead atoms. The first kappa shape index (κ1) is 24.6. The lowest BCUT2D eigenvalue weighted by Gasteiger charge is -2.23. The fraction of sp³-hybridized carbons (Fsp3) is 0.273. The Morgan fingerprint density at radius 2 is 1.82 bits per heavy atom. The number of hydrazine groups is 1. The molecule has 3 aromatic rings. The van der Waals surface area contributed by atoms with Crippen LogP contribution in [0.3, 0.4) is 0 Å². The van der Waals surface area contributed by atoms with Crippen LogP contribution >= 0.6 is 11.6 Å². The number of hydrogen-bond acceptors (Lipinski definition) is 7. The summed E-state index contributed by atoms with van der Waals surface area (Å²) in [5, 5.41) is 13.7. The zero-order valence-corrected chi connectivity index (χ0v) is 19.5. The van der Waals surface area contributed by atoms with Gasteiger partial charge in [-0.2, -0.15) is 4.68 Å². The van der Waals surface area contributed by atoms with Gasteiger partial charge in [0.25, 0.3) is 11.8 Å². The quantitative estimate of drug-likeness (QED) is 0.454. The van der Waals surface area contributed by atoms with Crippen molar-refractivity contribution in [2.75, 3.05) is 0 Å². The summed E-state index contributed by atoms with van der Waals surface area (Å²) in [6.45, 7) is 5.14. The number of halogens is 1. The Balaban J connectivity index is 1.73. The number of rotatable bonds is 6. The van der Waals surface area contributed by atoms with Gasteiger partial charge in [-0.05, 0) is 55.0 Å². The van der Waals surface area contributed by atoms with Crippen LogP contribution in [0.5, 0.6) is 0 Å². The summed E-state index contributed by atoms with van der Waals surface area (Å²) in [6.07, 6.45) is 0.736. The van der Waals surface area contributed by atoms with E-state index in [9.17, 15) is 14.4 Å². The summed E-state index contributed by atoms with van der Waals surface area (Å²) in [7, 11) is 0. The van der Waals surface area contributed by atoms with Crippen LogP contribution in [0, 0.1) is 0 Å². The van der Waals surface area contributed by atoms with Crippen molar-refractivity contribution in [3.63, 3.8) is 0 Å². The fourth-order valence-electron chi connectivity index (χ4n) is 2.94. The molecule has 0 aliphatic rings. The molecule has 3 amide bonds. The summed E-state index contributed by atoms with van der Waals surface area (Å²) in [5.74, 6) is -1.30. The van der Waals surface area contributed by atoms with Crippen molar-refractivity contribution in [2.45, 2.75) is 38.8 Å². The first-order valence-corrected chi connectivity index (χ1v) is 10.7. The highest BCUT2D eigenvalue weighted by Gasteiger charge is 2.25. The third-order valence-electron chi connectivity index (χ3n) is 4.39.